The number of ether oxygens (including phenoxy) is 2. The molecule has 4 fully saturated rings. The molecule has 0 aliphatic carbocycles. The van der Waals surface area contributed by atoms with E-state index in [-0.39, 0.29) is 22.6 Å². The molecule has 4 saturated heterocycles. The normalized spacial score (nSPS) is 41.2. The zero-order chi connectivity index (χ0) is 17.6. The Kier molecular flexibility index (Phi) is 2.83. The second kappa shape index (κ2) is 4.61. The van der Waals surface area contributed by atoms with E-state index in [9.17, 15) is 9.59 Å². The summed E-state index contributed by atoms with van der Waals surface area (Å²) in [6.45, 7) is 2.17. The Bertz CT molecular complexity index is 880. The van der Waals surface area contributed by atoms with Crippen molar-refractivity contribution < 1.29 is 19.1 Å². The summed E-state index contributed by atoms with van der Waals surface area (Å²) in [6.07, 6.45) is 0.506. The number of hydrogen-bond donors (Lipinski definition) is 0. The third-order valence-corrected chi connectivity index (χ3v) is 6.53. The van der Waals surface area contributed by atoms with Crippen molar-refractivity contribution in [1.82, 2.24) is 0 Å². The molecule has 0 unspecified atom stereocenters. The molecule has 0 aromatic heterocycles. The van der Waals surface area contributed by atoms with Crippen LogP contribution in [-0.4, -0.2) is 35.7 Å². The predicted octanol–water partition coefficient (Wildman–Crippen LogP) is 2.04. The van der Waals surface area contributed by atoms with Crippen LogP contribution < -0.4 is 4.90 Å². The Morgan fingerprint density at radius 2 is 2.20 bits per heavy atom. The van der Waals surface area contributed by atoms with Gasteiger partial charge in [0.15, 0.2) is 5.78 Å². The topological polar surface area (TPSA) is 79.6 Å². The lowest BCUT2D eigenvalue weighted by molar-refractivity contribution is -0.144. The molecule has 1 aromatic rings. The Morgan fingerprint density at radius 3 is 2.92 bits per heavy atom. The molecular weight excluding hydrogens is 344 g/mol. The van der Waals surface area contributed by atoms with Crippen molar-refractivity contribution in [2.75, 3.05) is 11.5 Å². The van der Waals surface area contributed by atoms with Gasteiger partial charge in [0.25, 0.3) is 0 Å². The Balaban J connectivity index is 1.63. The van der Waals surface area contributed by atoms with Gasteiger partial charge in [0.05, 0.1) is 28.7 Å². The first-order valence-corrected chi connectivity index (χ1v) is 8.67. The lowest BCUT2D eigenvalue weighted by atomic mass is 9.65. The molecule has 1 amide bonds. The van der Waals surface area contributed by atoms with Crippen LogP contribution in [0.25, 0.3) is 0 Å². The van der Waals surface area contributed by atoms with Crippen LogP contribution >= 0.6 is 11.6 Å². The molecule has 25 heavy (non-hydrogen) atoms. The number of benzene rings is 1. The number of nitriles is 1. The monoisotopic (exact) mass is 358 g/mol. The number of rotatable bonds is 1. The number of fused-ring (bicyclic) bond motifs is 2. The number of halogens is 1. The zero-order valence-corrected chi connectivity index (χ0v) is 14.2. The molecule has 4 heterocycles. The molecule has 4 aliphatic rings. The average Bonchev–Trinajstić information content (AvgIpc) is 3.12. The van der Waals surface area contributed by atoms with Crippen LogP contribution in [0.5, 0.6) is 0 Å². The smallest absolute Gasteiger partial charge is 0.236 e. The number of hydrogen-bond acceptors (Lipinski definition) is 5. The van der Waals surface area contributed by atoms with Crippen molar-refractivity contribution >= 4 is 29.0 Å². The third kappa shape index (κ3) is 1.66. The minimum absolute atomic E-state index is 0.00228. The van der Waals surface area contributed by atoms with E-state index in [1.54, 1.807) is 30.0 Å². The lowest BCUT2D eigenvalue weighted by Gasteiger charge is -2.41. The van der Waals surface area contributed by atoms with Crippen molar-refractivity contribution in [3.8, 4) is 6.07 Å². The zero-order valence-electron chi connectivity index (χ0n) is 13.5. The molecule has 5 atom stereocenters. The fourth-order valence-electron chi connectivity index (χ4n) is 5.14. The summed E-state index contributed by atoms with van der Waals surface area (Å²) in [6, 6.07) is 6.91. The molecule has 6 nitrogen and oxygen atoms in total. The average molecular weight is 359 g/mol. The quantitative estimate of drug-likeness (QED) is 0.767. The van der Waals surface area contributed by atoms with Crippen LogP contribution in [0, 0.1) is 23.2 Å². The first kappa shape index (κ1) is 15.3. The van der Waals surface area contributed by atoms with Gasteiger partial charge >= 0.3 is 0 Å². The van der Waals surface area contributed by atoms with Crippen LogP contribution in [0.1, 0.15) is 25.3 Å². The molecule has 7 heteroatoms. The lowest BCUT2D eigenvalue weighted by Crippen LogP contribution is -2.52. The molecular formula is C18H15ClN2O4. The van der Waals surface area contributed by atoms with E-state index >= 15 is 0 Å². The highest BCUT2D eigenvalue weighted by Gasteiger charge is 2.78. The van der Waals surface area contributed by atoms with Gasteiger partial charge in [0.2, 0.25) is 5.91 Å². The summed E-state index contributed by atoms with van der Waals surface area (Å²) >= 11 is 6.15. The predicted molar refractivity (Wildman–Crippen MR) is 86.8 cm³/mol. The Hall–Kier alpha value is -1.94. The summed E-state index contributed by atoms with van der Waals surface area (Å²) in [4.78, 5) is 27.4. The van der Waals surface area contributed by atoms with E-state index < -0.39 is 23.3 Å². The molecule has 0 radical (unpaired) electrons. The maximum absolute atomic E-state index is 13.2. The SMILES string of the molecule is C[C@]12O[C@@]3(CCO[C@H]4[C@@H]3[C@@H]1C(=O)N4c1ccc(C#N)c(Cl)c1)CC2=O. The van der Waals surface area contributed by atoms with Crippen molar-refractivity contribution in [3.05, 3.63) is 28.8 Å². The summed E-state index contributed by atoms with van der Waals surface area (Å²) in [7, 11) is 0. The minimum atomic E-state index is -1.07. The number of ketones is 1. The standard InChI is InChI=1S/C18H15ClN2O4/c1-17-12(22)7-18(25-17)4-5-24-16-14(18)13(17)15(23)21(16)10-3-2-9(8-20)11(19)6-10/h2-3,6,13-14,16H,4-5,7H2,1H3/t13-,14+,16+,17-,18+/m1/s1. The van der Waals surface area contributed by atoms with Gasteiger partial charge < -0.3 is 9.47 Å². The van der Waals surface area contributed by atoms with Gasteiger partial charge in [-0.05, 0) is 25.1 Å². The second-order valence-electron chi connectivity index (χ2n) is 7.37. The number of anilines is 1. The Morgan fingerprint density at radius 1 is 1.40 bits per heavy atom. The van der Waals surface area contributed by atoms with Crippen molar-refractivity contribution in [2.24, 2.45) is 11.8 Å². The van der Waals surface area contributed by atoms with Crippen molar-refractivity contribution in [3.63, 3.8) is 0 Å². The molecule has 4 aliphatic heterocycles. The van der Waals surface area contributed by atoms with Gasteiger partial charge in [-0.3, -0.25) is 14.5 Å². The van der Waals surface area contributed by atoms with E-state index in [4.69, 9.17) is 26.3 Å². The number of amides is 1. The fourth-order valence-corrected chi connectivity index (χ4v) is 5.35. The minimum Gasteiger partial charge on any atom is -0.359 e. The molecule has 128 valence electrons. The van der Waals surface area contributed by atoms with Crippen LogP contribution in [0.15, 0.2) is 18.2 Å². The maximum Gasteiger partial charge on any atom is 0.236 e. The van der Waals surface area contributed by atoms with Crippen LogP contribution in [-0.2, 0) is 19.1 Å². The number of nitrogens with zero attached hydrogens (tertiary/aromatic N) is 2. The highest BCUT2D eigenvalue weighted by atomic mass is 35.5. The molecule has 0 N–H and O–H groups in total. The van der Waals surface area contributed by atoms with Gasteiger partial charge in [-0.1, -0.05) is 11.6 Å². The van der Waals surface area contributed by atoms with Gasteiger partial charge in [-0.15, -0.1) is 0 Å². The maximum atomic E-state index is 13.2. The van der Waals surface area contributed by atoms with Gasteiger partial charge in [-0.2, -0.15) is 5.26 Å². The first-order chi connectivity index (χ1) is 11.9. The third-order valence-electron chi connectivity index (χ3n) is 6.22. The van der Waals surface area contributed by atoms with Gasteiger partial charge in [-0.25, -0.2) is 0 Å². The van der Waals surface area contributed by atoms with Crippen LogP contribution in [0.2, 0.25) is 5.02 Å². The molecule has 2 bridgehead atoms. The first-order valence-electron chi connectivity index (χ1n) is 8.29. The van der Waals surface area contributed by atoms with E-state index in [0.717, 1.165) is 0 Å². The van der Waals surface area contributed by atoms with Gasteiger partial charge in [0.1, 0.15) is 17.9 Å². The van der Waals surface area contributed by atoms with E-state index in [1.165, 1.54) is 0 Å². The highest BCUT2D eigenvalue weighted by Crippen LogP contribution is 2.63. The van der Waals surface area contributed by atoms with Crippen molar-refractivity contribution in [1.29, 1.82) is 5.26 Å². The number of carbonyl (C=O) groups is 2. The summed E-state index contributed by atoms with van der Waals surface area (Å²) in [5, 5.41) is 9.33. The second-order valence-corrected chi connectivity index (χ2v) is 7.78. The van der Waals surface area contributed by atoms with E-state index in [0.29, 0.717) is 30.7 Å². The number of Topliss-reactive ketones (excluding diaryl/α,β-unsaturated/α-hetero) is 1. The molecule has 5 rings (SSSR count). The van der Waals surface area contributed by atoms with Crippen LogP contribution in [0.3, 0.4) is 0 Å². The van der Waals surface area contributed by atoms with Gasteiger partial charge in [0, 0.05) is 24.4 Å². The summed E-state index contributed by atoms with van der Waals surface area (Å²) < 4.78 is 12.1. The van der Waals surface area contributed by atoms with E-state index in [2.05, 4.69) is 0 Å². The number of carbonyl (C=O) groups excluding carboxylic acids is 2. The highest BCUT2D eigenvalue weighted by molar-refractivity contribution is 6.32. The molecule has 1 aromatic carbocycles. The van der Waals surface area contributed by atoms with Crippen molar-refractivity contribution in [2.45, 2.75) is 37.2 Å². The largest absolute Gasteiger partial charge is 0.359 e. The Labute approximate surface area is 149 Å². The molecule has 0 saturated carbocycles. The molecule has 1 spiro atoms. The summed E-state index contributed by atoms with van der Waals surface area (Å²) in [5.74, 6) is -0.864. The van der Waals surface area contributed by atoms with Crippen LogP contribution in [0.4, 0.5) is 5.69 Å². The summed E-state index contributed by atoms with van der Waals surface area (Å²) in [5.41, 5.74) is -0.733. The fraction of sp³-hybridized carbons (Fsp3) is 0.500. The van der Waals surface area contributed by atoms with E-state index in [1.807, 2.05) is 6.07 Å².